The van der Waals surface area contributed by atoms with Crippen LogP contribution in [-0.2, 0) is 28.5 Å². The fraction of sp³-hybridized carbons (Fsp3) is 0.708. The highest BCUT2D eigenvalue weighted by Gasteiger charge is 2.51. The van der Waals surface area contributed by atoms with E-state index < -0.39 is 37.0 Å². The number of esters is 1. The number of rotatable bonds is 11. The molecule has 0 saturated carbocycles. The molecule has 1 aromatic carbocycles. The summed E-state index contributed by atoms with van der Waals surface area (Å²) in [6.45, 7) is 2.45. The first-order valence-corrected chi connectivity index (χ1v) is 11.5. The van der Waals surface area contributed by atoms with Gasteiger partial charge in [0.05, 0.1) is 6.61 Å². The maximum absolute atomic E-state index is 12.4. The molecule has 0 aromatic heterocycles. The second-order valence-electron chi connectivity index (χ2n) is 8.27. The molecule has 2 aliphatic heterocycles. The van der Waals surface area contributed by atoms with Crippen molar-refractivity contribution in [1.82, 2.24) is 0 Å². The number of hydrogen-bond acceptors (Lipinski definition) is 7. The number of hydrogen-bond donors (Lipinski definition) is 1. The molecule has 1 aromatic rings. The molecule has 7 nitrogen and oxygen atoms in total. The van der Waals surface area contributed by atoms with Crippen LogP contribution in [0.2, 0.25) is 0 Å². The summed E-state index contributed by atoms with van der Waals surface area (Å²) in [5.41, 5.74) is 0.856. The van der Waals surface area contributed by atoms with E-state index in [1.165, 1.54) is 32.8 Å². The standard InChI is InChI=1S/C24H36O7/c1-3-4-5-6-7-8-12-15-19(25)30-22-20(26)21-18(29-24(22)27-2)16-28-23(31-21)17-13-10-9-11-14-17/h9-11,13-14,18,20-24,26H,3-8,12,15-16H2,1-2H3/t18-,20+,21-,22-,23?,24+/m1/s1. The van der Waals surface area contributed by atoms with Crippen molar-refractivity contribution in [2.75, 3.05) is 13.7 Å². The maximum atomic E-state index is 12.4. The number of unbranched alkanes of at least 4 members (excludes halogenated alkanes) is 6. The van der Waals surface area contributed by atoms with Crippen molar-refractivity contribution in [2.45, 2.75) is 95.3 Å². The van der Waals surface area contributed by atoms with Gasteiger partial charge in [-0.15, -0.1) is 0 Å². The third-order valence-corrected chi connectivity index (χ3v) is 5.87. The van der Waals surface area contributed by atoms with E-state index in [9.17, 15) is 9.90 Å². The van der Waals surface area contributed by atoms with Gasteiger partial charge in [0.2, 0.25) is 0 Å². The summed E-state index contributed by atoms with van der Waals surface area (Å²) in [5.74, 6) is -0.353. The molecule has 174 valence electrons. The molecular weight excluding hydrogens is 400 g/mol. The van der Waals surface area contributed by atoms with Crippen molar-refractivity contribution >= 4 is 5.97 Å². The lowest BCUT2D eigenvalue weighted by molar-refractivity contribution is -0.358. The van der Waals surface area contributed by atoms with Crippen LogP contribution < -0.4 is 0 Å². The normalized spacial score (nSPS) is 30.5. The molecule has 2 aliphatic rings. The molecule has 0 amide bonds. The van der Waals surface area contributed by atoms with E-state index in [0.29, 0.717) is 6.42 Å². The molecule has 31 heavy (non-hydrogen) atoms. The number of carbonyl (C=O) groups is 1. The lowest BCUT2D eigenvalue weighted by Crippen LogP contribution is -2.63. The van der Waals surface area contributed by atoms with Crippen LogP contribution in [-0.4, -0.2) is 55.5 Å². The number of aliphatic hydroxyl groups is 1. The van der Waals surface area contributed by atoms with Crippen molar-refractivity contribution in [3.63, 3.8) is 0 Å². The predicted molar refractivity (Wildman–Crippen MR) is 114 cm³/mol. The highest BCUT2D eigenvalue weighted by atomic mass is 16.8. The van der Waals surface area contributed by atoms with E-state index >= 15 is 0 Å². The SMILES string of the molecule is CCCCCCCCCC(=O)O[C@H]1[C@@H](OC)O[C@@H]2COC(c3ccccc3)O[C@H]2[C@@H]1O. The van der Waals surface area contributed by atoms with E-state index in [0.717, 1.165) is 24.8 Å². The summed E-state index contributed by atoms with van der Waals surface area (Å²) >= 11 is 0. The molecule has 1 N–H and O–H groups in total. The summed E-state index contributed by atoms with van der Waals surface area (Å²) in [6, 6.07) is 9.52. The quantitative estimate of drug-likeness (QED) is 0.416. The van der Waals surface area contributed by atoms with Gasteiger partial charge in [-0.2, -0.15) is 0 Å². The highest BCUT2D eigenvalue weighted by Crippen LogP contribution is 2.35. The first kappa shape index (κ1) is 24.1. The van der Waals surface area contributed by atoms with Gasteiger partial charge in [-0.05, 0) is 6.42 Å². The van der Waals surface area contributed by atoms with E-state index in [2.05, 4.69) is 6.92 Å². The fourth-order valence-corrected chi connectivity index (χ4v) is 4.10. The van der Waals surface area contributed by atoms with E-state index in [1.54, 1.807) is 0 Å². The fourth-order valence-electron chi connectivity index (χ4n) is 4.10. The number of methoxy groups -OCH3 is 1. The van der Waals surface area contributed by atoms with Crippen LogP contribution in [0, 0.1) is 0 Å². The van der Waals surface area contributed by atoms with Crippen LogP contribution in [0.25, 0.3) is 0 Å². The Morgan fingerprint density at radius 2 is 1.77 bits per heavy atom. The molecule has 7 heteroatoms. The Kier molecular flexibility index (Phi) is 9.74. The molecule has 2 heterocycles. The molecular formula is C24H36O7. The van der Waals surface area contributed by atoms with Crippen molar-refractivity contribution in [3.05, 3.63) is 35.9 Å². The van der Waals surface area contributed by atoms with Crippen molar-refractivity contribution in [1.29, 1.82) is 0 Å². The van der Waals surface area contributed by atoms with Crippen LogP contribution in [0.4, 0.5) is 0 Å². The van der Waals surface area contributed by atoms with Gasteiger partial charge >= 0.3 is 5.97 Å². The van der Waals surface area contributed by atoms with Crippen molar-refractivity contribution < 1.29 is 33.6 Å². The molecule has 0 bridgehead atoms. The lowest BCUT2D eigenvalue weighted by atomic mass is 9.97. The zero-order chi connectivity index (χ0) is 22.1. The summed E-state index contributed by atoms with van der Waals surface area (Å²) in [7, 11) is 1.46. The number of carbonyl (C=O) groups excluding carboxylic acids is 1. The van der Waals surface area contributed by atoms with Gasteiger partial charge in [-0.25, -0.2) is 0 Å². The summed E-state index contributed by atoms with van der Waals surface area (Å²) < 4.78 is 28.6. The van der Waals surface area contributed by atoms with E-state index in [1.807, 2.05) is 30.3 Å². The number of benzene rings is 1. The van der Waals surface area contributed by atoms with Gasteiger partial charge in [0.1, 0.15) is 18.3 Å². The Morgan fingerprint density at radius 3 is 2.48 bits per heavy atom. The average Bonchev–Trinajstić information content (AvgIpc) is 2.80. The Labute approximate surface area is 185 Å². The first-order valence-electron chi connectivity index (χ1n) is 11.5. The summed E-state index contributed by atoms with van der Waals surface area (Å²) in [4.78, 5) is 12.4. The molecule has 2 saturated heterocycles. The Hall–Kier alpha value is -1.51. The van der Waals surface area contributed by atoms with Crippen molar-refractivity contribution in [2.24, 2.45) is 0 Å². The van der Waals surface area contributed by atoms with E-state index in [-0.39, 0.29) is 12.6 Å². The number of ether oxygens (including phenoxy) is 5. The second kappa shape index (κ2) is 12.5. The van der Waals surface area contributed by atoms with Crippen molar-refractivity contribution in [3.8, 4) is 0 Å². The van der Waals surface area contributed by atoms with Crippen LogP contribution in [0.5, 0.6) is 0 Å². The summed E-state index contributed by atoms with van der Waals surface area (Å²) in [6.07, 6.45) is 3.49. The second-order valence-corrected chi connectivity index (χ2v) is 8.27. The molecule has 2 fully saturated rings. The number of aliphatic hydroxyl groups excluding tert-OH is 1. The highest BCUT2D eigenvalue weighted by molar-refractivity contribution is 5.69. The Morgan fingerprint density at radius 1 is 1.06 bits per heavy atom. The Bertz CT molecular complexity index is 653. The minimum absolute atomic E-state index is 0.250. The van der Waals surface area contributed by atoms with Gasteiger partial charge in [0.15, 0.2) is 18.7 Å². The third-order valence-electron chi connectivity index (χ3n) is 5.87. The van der Waals surface area contributed by atoms with Crippen LogP contribution >= 0.6 is 0 Å². The molecule has 0 radical (unpaired) electrons. The monoisotopic (exact) mass is 436 g/mol. The van der Waals surface area contributed by atoms with Crippen LogP contribution in [0.1, 0.15) is 70.1 Å². The minimum atomic E-state index is -1.07. The predicted octanol–water partition coefficient (Wildman–Crippen LogP) is 3.89. The first-order chi connectivity index (χ1) is 15.1. The topological polar surface area (TPSA) is 83.5 Å². The zero-order valence-corrected chi connectivity index (χ0v) is 18.6. The van der Waals surface area contributed by atoms with Crippen LogP contribution in [0.3, 0.4) is 0 Å². The third kappa shape index (κ3) is 6.73. The van der Waals surface area contributed by atoms with Gasteiger partial charge in [0.25, 0.3) is 0 Å². The molecule has 3 rings (SSSR count). The Balaban J connectivity index is 1.51. The number of fused-ring (bicyclic) bond motifs is 1. The molecule has 1 unspecified atom stereocenters. The maximum Gasteiger partial charge on any atom is 0.306 e. The van der Waals surface area contributed by atoms with E-state index in [4.69, 9.17) is 23.7 Å². The summed E-state index contributed by atoms with van der Waals surface area (Å²) in [5, 5.41) is 11.0. The van der Waals surface area contributed by atoms with Gasteiger partial charge in [-0.3, -0.25) is 4.79 Å². The average molecular weight is 437 g/mol. The van der Waals surface area contributed by atoms with Gasteiger partial charge in [0, 0.05) is 19.1 Å². The van der Waals surface area contributed by atoms with Gasteiger partial charge < -0.3 is 28.8 Å². The van der Waals surface area contributed by atoms with Gasteiger partial charge in [-0.1, -0.05) is 75.8 Å². The largest absolute Gasteiger partial charge is 0.454 e. The minimum Gasteiger partial charge on any atom is -0.454 e. The molecule has 0 aliphatic carbocycles. The molecule has 0 spiro atoms. The molecule has 6 atom stereocenters. The van der Waals surface area contributed by atoms with Crippen LogP contribution in [0.15, 0.2) is 30.3 Å². The lowest BCUT2D eigenvalue weighted by Gasteiger charge is -2.46. The smallest absolute Gasteiger partial charge is 0.306 e. The zero-order valence-electron chi connectivity index (χ0n) is 18.6.